The van der Waals surface area contributed by atoms with E-state index in [9.17, 15) is 0 Å². The van der Waals surface area contributed by atoms with Crippen LogP contribution in [0, 0.1) is 0 Å². The lowest BCUT2D eigenvalue weighted by atomic mass is 10.0. The molecule has 120 valence electrons. The number of ether oxygens (including phenoxy) is 2. The number of hydrogen-bond acceptors (Lipinski definition) is 8. The van der Waals surface area contributed by atoms with Crippen LogP contribution < -0.4 is 19.3 Å². The van der Waals surface area contributed by atoms with E-state index >= 15 is 0 Å². The van der Waals surface area contributed by atoms with E-state index in [1.54, 1.807) is 12.4 Å². The Bertz CT molecular complexity index is 993. The molecular weight excluding hydrogens is 320 g/mol. The van der Waals surface area contributed by atoms with E-state index in [2.05, 4.69) is 47.9 Å². The Morgan fingerprint density at radius 3 is 1.88 bits per heavy atom. The van der Waals surface area contributed by atoms with Crippen molar-refractivity contribution in [1.29, 1.82) is 0 Å². The standard InChI is InChI=1S/C17H10N6O2/c1-2-8-12-9(3-1)23-11-5-19-7-21-15(11)25-17(23)13(12)16-22(8)10-4-18-6-20-14(10)24-16/h1-7,13,16-17H. The van der Waals surface area contributed by atoms with E-state index in [-0.39, 0.29) is 18.4 Å². The van der Waals surface area contributed by atoms with Crippen LogP contribution in [0.1, 0.15) is 11.5 Å². The van der Waals surface area contributed by atoms with Crippen molar-refractivity contribution in [3.05, 3.63) is 48.8 Å². The van der Waals surface area contributed by atoms with Crippen molar-refractivity contribution in [2.24, 2.45) is 0 Å². The molecule has 0 amide bonds. The Kier molecular flexibility index (Phi) is 1.83. The number of fused-ring (bicyclic) bond motifs is 10. The maximum atomic E-state index is 6.19. The summed E-state index contributed by atoms with van der Waals surface area (Å²) in [6, 6.07) is 6.28. The lowest BCUT2D eigenvalue weighted by molar-refractivity contribution is 0.122. The summed E-state index contributed by atoms with van der Waals surface area (Å²) in [7, 11) is 0. The van der Waals surface area contributed by atoms with Crippen molar-refractivity contribution in [3.8, 4) is 11.8 Å². The zero-order valence-electron chi connectivity index (χ0n) is 12.8. The highest BCUT2D eigenvalue weighted by molar-refractivity contribution is 5.88. The maximum absolute atomic E-state index is 6.19. The predicted octanol–water partition coefficient (Wildman–Crippen LogP) is 2.09. The normalized spacial score (nSPS) is 25.7. The minimum atomic E-state index is -0.194. The van der Waals surface area contributed by atoms with Gasteiger partial charge in [0.1, 0.15) is 29.9 Å². The fourth-order valence-corrected chi connectivity index (χ4v) is 4.47. The molecule has 2 aromatic heterocycles. The highest BCUT2D eigenvalue weighted by Gasteiger charge is 2.59. The second kappa shape index (κ2) is 3.80. The van der Waals surface area contributed by atoms with Crippen molar-refractivity contribution in [1.82, 2.24) is 19.9 Å². The molecule has 4 aliphatic rings. The molecule has 0 saturated carbocycles. The third kappa shape index (κ3) is 1.21. The van der Waals surface area contributed by atoms with Gasteiger partial charge in [0, 0.05) is 5.56 Å². The van der Waals surface area contributed by atoms with Gasteiger partial charge < -0.3 is 9.47 Å². The first-order chi connectivity index (χ1) is 12.4. The molecule has 0 N–H and O–H groups in total. The fraction of sp³-hybridized carbons (Fsp3) is 0.176. The van der Waals surface area contributed by atoms with Gasteiger partial charge in [-0.25, -0.2) is 9.97 Å². The van der Waals surface area contributed by atoms with Gasteiger partial charge in [-0.15, -0.1) is 0 Å². The van der Waals surface area contributed by atoms with Crippen LogP contribution in [0.5, 0.6) is 11.8 Å². The van der Waals surface area contributed by atoms with E-state index in [0.29, 0.717) is 11.8 Å². The molecule has 8 heteroatoms. The molecule has 25 heavy (non-hydrogen) atoms. The molecule has 3 aromatic rings. The average Bonchev–Trinajstić information content (AvgIpc) is 3.35. The van der Waals surface area contributed by atoms with Crippen LogP contribution in [0.25, 0.3) is 0 Å². The highest BCUT2D eigenvalue weighted by atomic mass is 16.5. The highest BCUT2D eigenvalue weighted by Crippen LogP contribution is 2.63. The van der Waals surface area contributed by atoms with Gasteiger partial charge in [0.05, 0.1) is 23.8 Å². The van der Waals surface area contributed by atoms with Crippen molar-refractivity contribution in [2.75, 3.05) is 9.80 Å². The van der Waals surface area contributed by atoms with Crippen molar-refractivity contribution >= 4 is 22.7 Å². The van der Waals surface area contributed by atoms with Crippen LogP contribution >= 0.6 is 0 Å². The number of aromatic nitrogens is 4. The molecule has 0 bridgehead atoms. The topological polar surface area (TPSA) is 76.5 Å². The van der Waals surface area contributed by atoms with Crippen LogP contribution in [0.15, 0.2) is 43.2 Å². The van der Waals surface area contributed by atoms with Gasteiger partial charge >= 0.3 is 0 Å². The van der Waals surface area contributed by atoms with E-state index in [0.717, 1.165) is 22.7 Å². The third-order valence-corrected chi connectivity index (χ3v) is 5.33. The van der Waals surface area contributed by atoms with E-state index in [1.165, 1.54) is 18.2 Å². The first kappa shape index (κ1) is 12.0. The Morgan fingerprint density at radius 2 is 1.32 bits per heavy atom. The Balaban J connectivity index is 1.48. The summed E-state index contributed by atoms with van der Waals surface area (Å²) in [4.78, 5) is 21.2. The first-order valence-electron chi connectivity index (χ1n) is 8.06. The van der Waals surface area contributed by atoms with Gasteiger partial charge in [-0.3, -0.25) is 9.80 Å². The molecule has 2 unspecified atom stereocenters. The number of nitrogens with zero attached hydrogens (tertiary/aromatic N) is 6. The first-order valence-corrected chi connectivity index (χ1v) is 8.06. The van der Waals surface area contributed by atoms with Crippen LogP contribution in [0.4, 0.5) is 22.7 Å². The van der Waals surface area contributed by atoms with Crippen molar-refractivity contribution in [3.63, 3.8) is 0 Å². The quantitative estimate of drug-likeness (QED) is 0.620. The summed E-state index contributed by atoms with van der Waals surface area (Å²) in [5.74, 6) is 1.27. The second-order valence-electron chi connectivity index (χ2n) is 6.42. The van der Waals surface area contributed by atoms with Crippen LogP contribution in [-0.4, -0.2) is 32.4 Å². The summed E-state index contributed by atoms with van der Waals surface area (Å²) < 4.78 is 12.4. The van der Waals surface area contributed by atoms with Gasteiger partial charge in [-0.2, -0.15) is 9.97 Å². The van der Waals surface area contributed by atoms with E-state index in [1.807, 2.05) is 0 Å². The largest absolute Gasteiger partial charge is 0.451 e. The molecular formula is C17H10N6O2. The average molecular weight is 330 g/mol. The molecule has 8 nitrogen and oxygen atoms in total. The Hall–Kier alpha value is -3.42. The van der Waals surface area contributed by atoms with Crippen LogP contribution in [0.3, 0.4) is 0 Å². The smallest absolute Gasteiger partial charge is 0.243 e. The molecule has 7 rings (SSSR count). The van der Waals surface area contributed by atoms with Gasteiger partial charge in [-0.05, 0) is 12.1 Å². The zero-order chi connectivity index (χ0) is 16.1. The van der Waals surface area contributed by atoms with Gasteiger partial charge in [0.2, 0.25) is 11.8 Å². The Labute approximate surface area is 141 Å². The summed E-state index contributed by atoms with van der Waals surface area (Å²) in [6.07, 6.45) is 6.24. The number of benzene rings is 1. The van der Waals surface area contributed by atoms with Crippen molar-refractivity contribution in [2.45, 2.75) is 18.4 Å². The van der Waals surface area contributed by atoms with E-state index in [4.69, 9.17) is 9.47 Å². The monoisotopic (exact) mass is 330 g/mol. The van der Waals surface area contributed by atoms with Crippen LogP contribution in [-0.2, 0) is 0 Å². The summed E-state index contributed by atoms with van der Waals surface area (Å²) in [5, 5.41) is 0. The molecule has 0 fully saturated rings. The number of hydrogen-bond donors (Lipinski definition) is 0. The molecule has 0 saturated heterocycles. The summed E-state index contributed by atoms with van der Waals surface area (Å²) in [5.41, 5.74) is 5.28. The molecule has 4 aliphatic heterocycles. The van der Waals surface area contributed by atoms with Gasteiger partial charge in [-0.1, -0.05) is 6.07 Å². The predicted molar refractivity (Wildman–Crippen MR) is 86.4 cm³/mol. The second-order valence-corrected chi connectivity index (χ2v) is 6.42. The lowest BCUT2D eigenvalue weighted by Crippen LogP contribution is -2.40. The zero-order valence-corrected chi connectivity index (χ0v) is 12.8. The van der Waals surface area contributed by atoms with E-state index < -0.39 is 0 Å². The fourth-order valence-electron chi connectivity index (χ4n) is 4.47. The molecule has 0 radical (unpaired) electrons. The summed E-state index contributed by atoms with van der Waals surface area (Å²) >= 11 is 0. The maximum Gasteiger partial charge on any atom is 0.243 e. The minimum absolute atomic E-state index is 0.0367. The third-order valence-electron chi connectivity index (χ3n) is 5.33. The SMILES string of the molecule is c1cc2c3c(c1)N1c4cncnc4OC1C3C1Oc3ncncc3N21. The molecule has 2 atom stereocenters. The van der Waals surface area contributed by atoms with Crippen molar-refractivity contribution < 1.29 is 9.47 Å². The number of anilines is 4. The molecule has 0 spiro atoms. The van der Waals surface area contributed by atoms with Crippen LogP contribution in [0.2, 0.25) is 0 Å². The molecule has 0 aliphatic carbocycles. The number of rotatable bonds is 0. The molecule has 1 aromatic carbocycles. The van der Waals surface area contributed by atoms with Gasteiger partial charge in [0.15, 0.2) is 12.5 Å². The van der Waals surface area contributed by atoms with Gasteiger partial charge in [0.25, 0.3) is 0 Å². The lowest BCUT2D eigenvalue weighted by Gasteiger charge is -2.26. The minimum Gasteiger partial charge on any atom is -0.451 e. The molecule has 6 heterocycles. The summed E-state index contributed by atoms with van der Waals surface area (Å²) in [6.45, 7) is 0. The Morgan fingerprint density at radius 1 is 0.760 bits per heavy atom.